The first-order valence-corrected chi connectivity index (χ1v) is 8.65. The van der Waals surface area contributed by atoms with Crippen LogP contribution in [0, 0.1) is 5.92 Å². The van der Waals surface area contributed by atoms with Crippen molar-refractivity contribution in [3.05, 3.63) is 66.1 Å². The van der Waals surface area contributed by atoms with Crippen LogP contribution in [-0.2, 0) is 17.8 Å². The van der Waals surface area contributed by atoms with Crippen LogP contribution in [0.25, 0.3) is 11.4 Å². The molecule has 1 aliphatic rings. The third-order valence-electron chi connectivity index (χ3n) is 4.46. The van der Waals surface area contributed by atoms with E-state index in [1.807, 2.05) is 42.5 Å². The van der Waals surface area contributed by atoms with Crippen molar-refractivity contribution >= 4 is 5.91 Å². The Kier molecular flexibility index (Phi) is 4.64. The fourth-order valence-electron chi connectivity index (χ4n) is 3.07. The summed E-state index contributed by atoms with van der Waals surface area (Å²) in [6, 6.07) is 15.3. The number of pyridine rings is 1. The molecule has 2 aromatic heterocycles. The van der Waals surface area contributed by atoms with Gasteiger partial charge in [0.05, 0.1) is 18.8 Å². The minimum Gasteiger partial charge on any atom is -0.493 e. The summed E-state index contributed by atoms with van der Waals surface area (Å²) in [4.78, 5) is 16.8. The van der Waals surface area contributed by atoms with Gasteiger partial charge in [-0.1, -0.05) is 29.4 Å². The first-order chi connectivity index (χ1) is 12.8. The molecule has 6 heteroatoms. The van der Waals surface area contributed by atoms with E-state index < -0.39 is 0 Å². The maximum absolute atomic E-state index is 12.6. The van der Waals surface area contributed by atoms with E-state index in [0.29, 0.717) is 37.4 Å². The number of para-hydroxylation sites is 1. The number of carbonyl (C=O) groups excluding carboxylic acids is 1. The molecule has 1 aliphatic heterocycles. The molecule has 4 rings (SSSR count). The zero-order valence-corrected chi connectivity index (χ0v) is 14.2. The standard InChI is InChI=1S/C20H19N3O3/c24-20(15-8-10-25-19-7-2-1-5-14(19)11-15)22-13-16-12-18(23-26-16)17-6-3-4-9-21-17/h1-7,9,12,15H,8,10-11,13H2,(H,22,24)/t15-/m1/s1. The van der Waals surface area contributed by atoms with Gasteiger partial charge in [-0.25, -0.2) is 0 Å². The zero-order valence-electron chi connectivity index (χ0n) is 14.2. The van der Waals surface area contributed by atoms with Crippen LogP contribution in [0.1, 0.15) is 17.7 Å². The Hall–Kier alpha value is -3.15. The highest BCUT2D eigenvalue weighted by atomic mass is 16.5. The smallest absolute Gasteiger partial charge is 0.223 e. The van der Waals surface area contributed by atoms with Gasteiger partial charge in [0.15, 0.2) is 5.76 Å². The van der Waals surface area contributed by atoms with Gasteiger partial charge in [-0.3, -0.25) is 9.78 Å². The van der Waals surface area contributed by atoms with E-state index in [1.165, 1.54) is 0 Å². The van der Waals surface area contributed by atoms with Gasteiger partial charge in [0.25, 0.3) is 0 Å². The van der Waals surface area contributed by atoms with E-state index in [2.05, 4.69) is 15.5 Å². The highest BCUT2D eigenvalue weighted by Gasteiger charge is 2.23. The van der Waals surface area contributed by atoms with Crippen LogP contribution in [0.5, 0.6) is 5.75 Å². The van der Waals surface area contributed by atoms with E-state index in [4.69, 9.17) is 9.26 Å². The molecule has 0 bridgehead atoms. The highest BCUT2D eigenvalue weighted by Crippen LogP contribution is 2.26. The molecule has 1 amide bonds. The molecule has 0 radical (unpaired) electrons. The van der Waals surface area contributed by atoms with E-state index in [1.54, 1.807) is 12.3 Å². The van der Waals surface area contributed by atoms with Gasteiger partial charge in [0.2, 0.25) is 5.91 Å². The summed E-state index contributed by atoms with van der Waals surface area (Å²) in [5.74, 6) is 1.36. The summed E-state index contributed by atoms with van der Waals surface area (Å²) >= 11 is 0. The van der Waals surface area contributed by atoms with Crippen LogP contribution in [0.4, 0.5) is 0 Å². The first-order valence-electron chi connectivity index (χ1n) is 8.65. The number of carbonyl (C=O) groups is 1. The van der Waals surface area contributed by atoms with Crippen LogP contribution in [0.15, 0.2) is 59.3 Å². The number of hydrogen-bond donors (Lipinski definition) is 1. The van der Waals surface area contributed by atoms with Crippen LogP contribution in [-0.4, -0.2) is 22.7 Å². The van der Waals surface area contributed by atoms with Gasteiger partial charge in [-0.2, -0.15) is 0 Å². The molecule has 0 fully saturated rings. The van der Waals surface area contributed by atoms with Crippen molar-refractivity contribution in [3.8, 4) is 17.1 Å². The lowest BCUT2D eigenvalue weighted by atomic mass is 9.96. The molecule has 0 aliphatic carbocycles. The first kappa shape index (κ1) is 16.3. The Labute approximate surface area is 151 Å². The molecule has 3 heterocycles. The largest absolute Gasteiger partial charge is 0.493 e. The molecular weight excluding hydrogens is 330 g/mol. The number of benzene rings is 1. The Morgan fingerprint density at radius 2 is 2.04 bits per heavy atom. The summed E-state index contributed by atoms with van der Waals surface area (Å²) < 4.78 is 11.0. The Morgan fingerprint density at radius 1 is 1.15 bits per heavy atom. The monoisotopic (exact) mass is 349 g/mol. The van der Waals surface area contributed by atoms with Crippen molar-refractivity contribution in [3.63, 3.8) is 0 Å². The molecular formula is C20H19N3O3. The molecule has 0 saturated carbocycles. The minimum absolute atomic E-state index is 0.00101. The molecule has 0 spiro atoms. The van der Waals surface area contributed by atoms with E-state index in [-0.39, 0.29) is 11.8 Å². The number of hydrogen-bond acceptors (Lipinski definition) is 5. The number of rotatable bonds is 4. The van der Waals surface area contributed by atoms with Gasteiger partial charge in [-0.05, 0) is 36.6 Å². The van der Waals surface area contributed by atoms with E-state index in [9.17, 15) is 4.79 Å². The molecule has 132 valence electrons. The second kappa shape index (κ2) is 7.39. The lowest BCUT2D eigenvalue weighted by Crippen LogP contribution is -2.31. The summed E-state index contributed by atoms with van der Waals surface area (Å²) in [5.41, 5.74) is 2.47. The molecule has 0 unspecified atom stereocenters. The van der Waals surface area contributed by atoms with Crippen LogP contribution < -0.4 is 10.1 Å². The molecule has 1 atom stereocenters. The Balaban J connectivity index is 1.38. The van der Waals surface area contributed by atoms with E-state index >= 15 is 0 Å². The number of nitrogens with zero attached hydrogens (tertiary/aromatic N) is 2. The van der Waals surface area contributed by atoms with Crippen LogP contribution in [0.3, 0.4) is 0 Å². The minimum atomic E-state index is -0.114. The summed E-state index contributed by atoms with van der Waals surface area (Å²) in [6.07, 6.45) is 3.07. The van der Waals surface area contributed by atoms with Gasteiger partial charge < -0.3 is 14.6 Å². The average molecular weight is 349 g/mol. The molecule has 1 N–H and O–H groups in total. The fourth-order valence-corrected chi connectivity index (χ4v) is 3.07. The second-order valence-electron chi connectivity index (χ2n) is 6.26. The van der Waals surface area contributed by atoms with Crippen molar-refractivity contribution in [2.24, 2.45) is 5.92 Å². The van der Waals surface area contributed by atoms with Crippen molar-refractivity contribution in [2.45, 2.75) is 19.4 Å². The normalized spacial score (nSPS) is 16.2. The lowest BCUT2D eigenvalue weighted by Gasteiger charge is -2.13. The second-order valence-corrected chi connectivity index (χ2v) is 6.26. The van der Waals surface area contributed by atoms with Crippen LogP contribution in [0.2, 0.25) is 0 Å². The summed E-state index contributed by atoms with van der Waals surface area (Å²) in [5, 5.41) is 6.96. The maximum atomic E-state index is 12.6. The summed E-state index contributed by atoms with van der Waals surface area (Å²) in [7, 11) is 0. The Bertz CT molecular complexity index is 892. The van der Waals surface area contributed by atoms with Gasteiger partial charge in [0.1, 0.15) is 11.4 Å². The third-order valence-corrected chi connectivity index (χ3v) is 4.46. The van der Waals surface area contributed by atoms with Crippen molar-refractivity contribution in [1.82, 2.24) is 15.5 Å². The number of aromatic nitrogens is 2. The highest BCUT2D eigenvalue weighted by molar-refractivity contribution is 5.79. The van der Waals surface area contributed by atoms with Gasteiger partial charge in [-0.15, -0.1) is 0 Å². The van der Waals surface area contributed by atoms with Crippen molar-refractivity contribution < 1.29 is 14.1 Å². The van der Waals surface area contributed by atoms with Gasteiger partial charge >= 0.3 is 0 Å². The maximum Gasteiger partial charge on any atom is 0.223 e. The van der Waals surface area contributed by atoms with Crippen molar-refractivity contribution in [1.29, 1.82) is 0 Å². The molecule has 26 heavy (non-hydrogen) atoms. The number of nitrogens with one attached hydrogen (secondary N) is 1. The number of ether oxygens (including phenoxy) is 1. The number of fused-ring (bicyclic) bond motifs is 1. The van der Waals surface area contributed by atoms with Crippen molar-refractivity contribution in [2.75, 3.05) is 6.61 Å². The average Bonchev–Trinajstić information content (AvgIpc) is 3.05. The third kappa shape index (κ3) is 3.59. The topological polar surface area (TPSA) is 77.3 Å². The van der Waals surface area contributed by atoms with E-state index in [0.717, 1.165) is 17.0 Å². The lowest BCUT2D eigenvalue weighted by molar-refractivity contribution is -0.125. The molecule has 3 aromatic rings. The molecule has 1 aromatic carbocycles. The Morgan fingerprint density at radius 3 is 2.92 bits per heavy atom. The zero-order chi connectivity index (χ0) is 17.8. The predicted molar refractivity (Wildman–Crippen MR) is 95.3 cm³/mol. The van der Waals surface area contributed by atoms with Gasteiger partial charge in [0, 0.05) is 18.2 Å². The summed E-state index contributed by atoms with van der Waals surface area (Å²) in [6.45, 7) is 0.846. The molecule has 0 saturated heterocycles. The SMILES string of the molecule is O=C(NCc1cc(-c2ccccn2)no1)[C@@H]1CCOc2ccccc2C1. The quantitative estimate of drug-likeness (QED) is 0.783. The predicted octanol–water partition coefficient (Wildman–Crippen LogP) is 2.99. The molecule has 6 nitrogen and oxygen atoms in total. The number of amides is 1. The fraction of sp³-hybridized carbons (Fsp3) is 0.250. The van der Waals surface area contributed by atoms with Crippen LogP contribution >= 0.6 is 0 Å².